The highest BCUT2D eigenvalue weighted by Gasteiger charge is 2.19. The fourth-order valence-electron chi connectivity index (χ4n) is 3.29. The molecule has 2 heterocycles. The molecule has 0 spiro atoms. The standard InChI is InChI=1S/C24H23N5O3S/c1-3-25-23(31)17-8-7-9-18(14-17)26-21(30)15-33-24-28-27-22(20-12-13-32-16(20)2)29(24)19-10-5-4-6-11-19/h4-14H,3,15H2,1-2H3,(H,25,31)(H,26,30). The molecule has 0 aliphatic heterocycles. The third-order valence-corrected chi connectivity index (χ3v) is 5.75. The minimum atomic E-state index is -0.211. The zero-order valence-corrected chi connectivity index (χ0v) is 19.1. The molecule has 2 amide bonds. The van der Waals surface area contributed by atoms with Gasteiger partial charge in [0.1, 0.15) is 5.76 Å². The summed E-state index contributed by atoms with van der Waals surface area (Å²) in [5.41, 5.74) is 2.77. The van der Waals surface area contributed by atoms with Gasteiger partial charge >= 0.3 is 0 Å². The lowest BCUT2D eigenvalue weighted by atomic mass is 10.2. The van der Waals surface area contributed by atoms with Gasteiger partial charge in [-0.25, -0.2) is 0 Å². The number of aromatic nitrogens is 3. The number of furan rings is 1. The van der Waals surface area contributed by atoms with Gasteiger partial charge in [0.05, 0.1) is 17.6 Å². The van der Waals surface area contributed by atoms with Crippen molar-refractivity contribution in [3.63, 3.8) is 0 Å². The Morgan fingerprint density at radius 3 is 2.61 bits per heavy atom. The third kappa shape index (κ3) is 5.15. The Morgan fingerprint density at radius 1 is 1.06 bits per heavy atom. The van der Waals surface area contributed by atoms with Crippen LogP contribution in [-0.4, -0.2) is 38.9 Å². The molecule has 2 aromatic carbocycles. The first kappa shape index (κ1) is 22.3. The number of anilines is 1. The van der Waals surface area contributed by atoms with Crippen molar-refractivity contribution in [3.8, 4) is 17.1 Å². The predicted octanol–water partition coefficient (Wildman–Crippen LogP) is 4.32. The second kappa shape index (κ2) is 10.2. The van der Waals surface area contributed by atoms with E-state index < -0.39 is 0 Å². The number of amides is 2. The summed E-state index contributed by atoms with van der Waals surface area (Å²) >= 11 is 1.28. The van der Waals surface area contributed by atoms with Crippen LogP contribution < -0.4 is 10.6 Å². The summed E-state index contributed by atoms with van der Waals surface area (Å²) in [6.07, 6.45) is 1.61. The number of para-hydroxylation sites is 1. The van der Waals surface area contributed by atoms with Crippen LogP contribution in [-0.2, 0) is 4.79 Å². The normalized spacial score (nSPS) is 10.7. The van der Waals surface area contributed by atoms with Gasteiger partial charge < -0.3 is 15.1 Å². The SMILES string of the molecule is CCNC(=O)c1cccc(NC(=O)CSc2nnc(-c3ccoc3C)n2-c2ccccc2)c1. The molecule has 0 unspecified atom stereocenters. The Hall–Kier alpha value is -3.85. The number of nitrogens with one attached hydrogen (secondary N) is 2. The predicted molar refractivity (Wildman–Crippen MR) is 128 cm³/mol. The maximum absolute atomic E-state index is 12.6. The fraction of sp³-hybridized carbons (Fsp3) is 0.167. The van der Waals surface area contributed by atoms with Crippen LogP contribution >= 0.6 is 11.8 Å². The summed E-state index contributed by atoms with van der Waals surface area (Å²) in [4.78, 5) is 24.7. The van der Waals surface area contributed by atoms with Crippen LogP contribution in [0.4, 0.5) is 5.69 Å². The molecule has 0 bridgehead atoms. The highest BCUT2D eigenvalue weighted by atomic mass is 32.2. The number of aryl methyl sites for hydroxylation is 1. The summed E-state index contributed by atoms with van der Waals surface area (Å²) < 4.78 is 7.35. The number of thioether (sulfide) groups is 1. The Balaban J connectivity index is 1.52. The number of nitrogens with zero attached hydrogens (tertiary/aromatic N) is 3. The van der Waals surface area contributed by atoms with Gasteiger partial charge in [0.15, 0.2) is 11.0 Å². The van der Waals surface area contributed by atoms with Crippen LogP contribution in [0.1, 0.15) is 23.0 Å². The maximum atomic E-state index is 12.6. The van der Waals surface area contributed by atoms with Gasteiger partial charge in [-0.05, 0) is 50.2 Å². The zero-order chi connectivity index (χ0) is 23.2. The smallest absolute Gasteiger partial charge is 0.251 e. The molecule has 9 heteroatoms. The molecule has 33 heavy (non-hydrogen) atoms. The van der Waals surface area contributed by atoms with E-state index in [1.54, 1.807) is 30.5 Å². The minimum Gasteiger partial charge on any atom is -0.469 e. The van der Waals surface area contributed by atoms with Crippen LogP contribution in [0.25, 0.3) is 17.1 Å². The van der Waals surface area contributed by atoms with Crippen molar-refractivity contribution in [2.24, 2.45) is 0 Å². The van der Waals surface area contributed by atoms with Gasteiger partial charge in [0.25, 0.3) is 5.91 Å². The summed E-state index contributed by atoms with van der Waals surface area (Å²) in [5.74, 6) is 1.12. The van der Waals surface area contributed by atoms with E-state index in [4.69, 9.17) is 4.42 Å². The lowest BCUT2D eigenvalue weighted by Gasteiger charge is -2.10. The van der Waals surface area contributed by atoms with Crippen LogP contribution in [0.5, 0.6) is 0 Å². The monoisotopic (exact) mass is 461 g/mol. The van der Waals surface area contributed by atoms with Gasteiger partial charge in [-0.1, -0.05) is 36.0 Å². The van der Waals surface area contributed by atoms with Gasteiger partial charge in [0.2, 0.25) is 5.91 Å². The molecular weight excluding hydrogens is 438 g/mol. The number of hydrogen-bond acceptors (Lipinski definition) is 6. The fourth-order valence-corrected chi connectivity index (χ4v) is 4.04. The molecule has 0 aliphatic carbocycles. The second-order valence-electron chi connectivity index (χ2n) is 7.14. The summed E-state index contributed by atoms with van der Waals surface area (Å²) in [6, 6.07) is 18.4. The molecule has 0 saturated carbocycles. The number of hydrogen-bond donors (Lipinski definition) is 2. The van der Waals surface area contributed by atoms with Gasteiger partial charge in [0, 0.05) is 23.5 Å². The molecule has 4 rings (SSSR count). The van der Waals surface area contributed by atoms with E-state index in [1.807, 2.05) is 54.8 Å². The number of carbonyl (C=O) groups is 2. The van der Waals surface area contributed by atoms with E-state index in [0.29, 0.717) is 28.8 Å². The van der Waals surface area contributed by atoms with Crippen molar-refractivity contribution in [1.29, 1.82) is 0 Å². The highest BCUT2D eigenvalue weighted by molar-refractivity contribution is 7.99. The summed E-state index contributed by atoms with van der Waals surface area (Å²) in [6.45, 7) is 4.26. The van der Waals surface area contributed by atoms with E-state index in [-0.39, 0.29) is 17.6 Å². The molecule has 0 radical (unpaired) electrons. The zero-order valence-electron chi connectivity index (χ0n) is 18.2. The van der Waals surface area contributed by atoms with E-state index >= 15 is 0 Å². The first-order valence-electron chi connectivity index (χ1n) is 10.4. The Labute approximate surface area is 195 Å². The lowest BCUT2D eigenvalue weighted by Crippen LogP contribution is -2.23. The van der Waals surface area contributed by atoms with Crippen molar-refractivity contribution >= 4 is 29.3 Å². The Morgan fingerprint density at radius 2 is 1.88 bits per heavy atom. The molecule has 4 aromatic rings. The number of carbonyl (C=O) groups excluding carboxylic acids is 2. The average Bonchev–Trinajstić information content (AvgIpc) is 3.44. The topological polar surface area (TPSA) is 102 Å². The maximum Gasteiger partial charge on any atom is 0.251 e. The summed E-state index contributed by atoms with van der Waals surface area (Å²) in [7, 11) is 0. The molecule has 8 nitrogen and oxygen atoms in total. The lowest BCUT2D eigenvalue weighted by molar-refractivity contribution is -0.113. The van der Waals surface area contributed by atoms with E-state index in [2.05, 4.69) is 20.8 Å². The van der Waals surface area contributed by atoms with Crippen molar-refractivity contribution in [3.05, 3.63) is 78.3 Å². The Kier molecular flexibility index (Phi) is 6.89. The van der Waals surface area contributed by atoms with Gasteiger partial charge in [-0.15, -0.1) is 10.2 Å². The van der Waals surface area contributed by atoms with E-state index in [9.17, 15) is 9.59 Å². The van der Waals surface area contributed by atoms with Crippen LogP contribution in [0, 0.1) is 6.92 Å². The molecule has 0 saturated heterocycles. The molecule has 0 fully saturated rings. The number of rotatable bonds is 8. The molecular formula is C24H23N5O3S. The second-order valence-corrected chi connectivity index (χ2v) is 8.09. The van der Waals surface area contributed by atoms with Crippen LogP contribution in [0.2, 0.25) is 0 Å². The van der Waals surface area contributed by atoms with Crippen LogP contribution in [0.3, 0.4) is 0 Å². The van der Waals surface area contributed by atoms with Crippen molar-refractivity contribution in [2.45, 2.75) is 19.0 Å². The number of benzene rings is 2. The molecule has 0 atom stereocenters. The van der Waals surface area contributed by atoms with Crippen molar-refractivity contribution < 1.29 is 14.0 Å². The van der Waals surface area contributed by atoms with Gasteiger partial charge in [-0.2, -0.15) is 0 Å². The van der Waals surface area contributed by atoms with Crippen molar-refractivity contribution in [2.75, 3.05) is 17.6 Å². The first-order chi connectivity index (χ1) is 16.1. The first-order valence-corrected chi connectivity index (χ1v) is 11.4. The van der Waals surface area contributed by atoms with E-state index in [1.165, 1.54) is 11.8 Å². The Bertz CT molecular complexity index is 1270. The van der Waals surface area contributed by atoms with E-state index in [0.717, 1.165) is 17.0 Å². The average molecular weight is 462 g/mol. The van der Waals surface area contributed by atoms with Gasteiger partial charge in [-0.3, -0.25) is 14.2 Å². The molecule has 168 valence electrons. The van der Waals surface area contributed by atoms with Crippen molar-refractivity contribution in [1.82, 2.24) is 20.1 Å². The largest absolute Gasteiger partial charge is 0.469 e. The third-order valence-electron chi connectivity index (χ3n) is 4.83. The summed E-state index contributed by atoms with van der Waals surface area (Å²) in [5, 5.41) is 14.9. The molecule has 0 aliphatic rings. The molecule has 2 N–H and O–H groups in total. The van der Waals surface area contributed by atoms with Crippen LogP contribution in [0.15, 0.2) is 76.5 Å². The quantitative estimate of drug-likeness (QED) is 0.379. The highest BCUT2D eigenvalue weighted by Crippen LogP contribution is 2.30. The molecule has 2 aromatic heterocycles. The minimum absolute atomic E-state index is 0.126.